The molecule has 0 bridgehead atoms. The molecule has 9 nitrogen and oxygen atoms in total. The first kappa shape index (κ1) is 23.7. The van der Waals surface area contributed by atoms with Gasteiger partial charge in [0.2, 0.25) is 10.0 Å². The van der Waals surface area contributed by atoms with Crippen molar-refractivity contribution in [1.29, 1.82) is 0 Å². The van der Waals surface area contributed by atoms with Crippen LogP contribution in [-0.4, -0.2) is 52.1 Å². The standard InChI is InChI=1S/C24H27N5O4S/c1-6-28-21-13-12-19(34(31,32)27(4)5)14-20(21)25-22(28)15-33-24(30)23-16(2)26-29(17(23)3)18-10-8-7-9-11-18/h7-14H,6,15H2,1-5H3. The minimum absolute atomic E-state index is 0.0491. The van der Waals surface area contributed by atoms with Crippen molar-refractivity contribution in [3.05, 3.63) is 71.3 Å². The van der Waals surface area contributed by atoms with Gasteiger partial charge in [0.25, 0.3) is 0 Å². The monoisotopic (exact) mass is 481 g/mol. The van der Waals surface area contributed by atoms with Crippen LogP contribution in [0.4, 0.5) is 0 Å². The SMILES string of the molecule is CCn1c(COC(=O)c2c(C)nn(-c3ccccc3)c2C)nc2cc(S(=O)(=O)N(C)C)ccc21. The lowest BCUT2D eigenvalue weighted by molar-refractivity contribution is 0.0457. The van der Waals surface area contributed by atoms with E-state index in [1.807, 2.05) is 48.7 Å². The lowest BCUT2D eigenvalue weighted by atomic mass is 10.2. The zero-order chi connectivity index (χ0) is 24.6. The summed E-state index contributed by atoms with van der Waals surface area (Å²) in [6.45, 7) is 6.10. The van der Waals surface area contributed by atoms with Gasteiger partial charge in [-0.05, 0) is 51.1 Å². The Balaban J connectivity index is 1.61. The third-order valence-electron chi connectivity index (χ3n) is 5.72. The molecule has 0 saturated heterocycles. The van der Waals surface area contributed by atoms with E-state index in [1.165, 1.54) is 14.1 Å². The predicted molar refractivity (Wildman–Crippen MR) is 128 cm³/mol. The van der Waals surface area contributed by atoms with E-state index in [2.05, 4.69) is 10.1 Å². The Morgan fingerprint density at radius 3 is 2.44 bits per heavy atom. The molecule has 0 aliphatic heterocycles. The maximum Gasteiger partial charge on any atom is 0.342 e. The lowest BCUT2D eigenvalue weighted by Crippen LogP contribution is -2.22. The average molecular weight is 482 g/mol. The van der Waals surface area contributed by atoms with E-state index >= 15 is 0 Å². The van der Waals surface area contributed by atoms with Crippen LogP contribution in [0.25, 0.3) is 16.7 Å². The van der Waals surface area contributed by atoms with Crippen LogP contribution in [0.2, 0.25) is 0 Å². The highest BCUT2D eigenvalue weighted by Crippen LogP contribution is 2.24. The highest BCUT2D eigenvalue weighted by Gasteiger charge is 2.23. The maximum atomic E-state index is 13.0. The summed E-state index contributed by atoms with van der Waals surface area (Å²) in [6, 6.07) is 14.4. The number of hydrogen-bond donors (Lipinski definition) is 0. The van der Waals surface area contributed by atoms with E-state index in [0.717, 1.165) is 15.5 Å². The maximum absolute atomic E-state index is 13.0. The first-order valence-electron chi connectivity index (χ1n) is 10.9. The van der Waals surface area contributed by atoms with Gasteiger partial charge in [-0.2, -0.15) is 5.10 Å². The molecular formula is C24H27N5O4S. The van der Waals surface area contributed by atoms with Crippen molar-refractivity contribution in [3.8, 4) is 5.69 Å². The van der Waals surface area contributed by atoms with Gasteiger partial charge in [0.1, 0.15) is 18.0 Å². The first-order valence-corrected chi connectivity index (χ1v) is 12.3. The molecule has 2 aromatic carbocycles. The van der Waals surface area contributed by atoms with Gasteiger partial charge in [0, 0.05) is 20.6 Å². The van der Waals surface area contributed by atoms with E-state index in [9.17, 15) is 13.2 Å². The topological polar surface area (TPSA) is 99.3 Å². The molecule has 2 heterocycles. The van der Waals surface area contributed by atoms with E-state index in [0.29, 0.717) is 34.8 Å². The molecule has 4 rings (SSSR count). The van der Waals surface area contributed by atoms with E-state index in [4.69, 9.17) is 4.74 Å². The molecule has 34 heavy (non-hydrogen) atoms. The second kappa shape index (κ2) is 9.03. The van der Waals surface area contributed by atoms with Crippen molar-refractivity contribution in [3.63, 3.8) is 0 Å². The number of fused-ring (bicyclic) bond motifs is 1. The normalized spacial score (nSPS) is 11.9. The van der Waals surface area contributed by atoms with Gasteiger partial charge >= 0.3 is 5.97 Å². The Morgan fingerprint density at radius 2 is 1.79 bits per heavy atom. The van der Waals surface area contributed by atoms with Crippen LogP contribution in [0, 0.1) is 13.8 Å². The Bertz CT molecular complexity index is 1470. The number of para-hydroxylation sites is 1. The molecule has 0 aliphatic rings. The second-order valence-corrected chi connectivity index (χ2v) is 10.2. The number of nitrogens with zero attached hydrogens (tertiary/aromatic N) is 5. The third kappa shape index (κ3) is 4.10. The van der Waals surface area contributed by atoms with Crippen LogP contribution >= 0.6 is 0 Å². The number of carbonyl (C=O) groups excluding carboxylic acids is 1. The molecule has 0 atom stereocenters. The number of benzene rings is 2. The van der Waals surface area contributed by atoms with Crippen molar-refractivity contribution >= 4 is 27.0 Å². The molecule has 178 valence electrons. The zero-order valence-corrected chi connectivity index (χ0v) is 20.6. The molecule has 0 spiro atoms. The van der Waals surface area contributed by atoms with Crippen LogP contribution in [0.1, 0.15) is 34.5 Å². The Hall–Kier alpha value is -3.50. The Kier molecular flexibility index (Phi) is 6.28. The summed E-state index contributed by atoms with van der Waals surface area (Å²) in [5.74, 6) is 0.0544. The van der Waals surface area contributed by atoms with Crippen LogP contribution in [0.3, 0.4) is 0 Å². The number of ether oxygens (including phenoxy) is 1. The Morgan fingerprint density at radius 1 is 1.09 bits per heavy atom. The highest BCUT2D eigenvalue weighted by molar-refractivity contribution is 7.89. The second-order valence-electron chi connectivity index (χ2n) is 8.08. The number of aryl methyl sites for hydroxylation is 2. The van der Waals surface area contributed by atoms with E-state index in [-0.39, 0.29) is 11.5 Å². The van der Waals surface area contributed by atoms with Crippen LogP contribution in [-0.2, 0) is 27.9 Å². The van der Waals surface area contributed by atoms with Crippen molar-refractivity contribution < 1.29 is 17.9 Å². The molecule has 0 saturated carbocycles. The van der Waals surface area contributed by atoms with Gasteiger partial charge in [-0.1, -0.05) is 18.2 Å². The fraction of sp³-hybridized carbons (Fsp3) is 0.292. The zero-order valence-electron chi connectivity index (χ0n) is 19.8. The van der Waals surface area contributed by atoms with Crippen molar-refractivity contribution in [2.24, 2.45) is 0 Å². The molecule has 2 aromatic heterocycles. The summed E-state index contributed by atoms with van der Waals surface area (Å²) in [5, 5.41) is 4.51. The van der Waals surface area contributed by atoms with Crippen molar-refractivity contribution in [2.45, 2.75) is 38.8 Å². The molecule has 10 heteroatoms. The quantitative estimate of drug-likeness (QED) is 0.375. The Labute approximate surface area is 198 Å². The number of imidazole rings is 1. The van der Waals surface area contributed by atoms with Gasteiger partial charge in [-0.3, -0.25) is 0 Å². The van der Waals surface area contributed by atoms with Gasteiger partial charge in [-0.25, -0.2) is 27.2 Å². The van der Waals surface area contributed by atoms with Crippen molar-refractivity contribution in [1.82, 2.24) is 23.6 Å². The summed E-state index contributed by atoms with van der Waals surface area (Å²) < 4.78 is 35.4. The fourth-order valence-electron chi connectivity index (χ4n) is 3.95. The van der Waals surface area contributed by atoms with Gasteiger partial charge in [0.05, 0.1) is 33.0 Å². The van der Waals surface area contributed by atoms with E-state index in [1.54, 1.807) is 29.8 Å². The summed E-state index contributed by atoms with van der Waals surface area (Å²) in [5.41, 5.74) is 3.85. The van der Waals surface area contributed by atoms with Crippen LogP contribution in [0.15, 0.2) is 53.4 Å². The molecule has 0 aliphatic carbocycles. The number of hydrogen-bond acceptors (Lipinski definition) is 6. The minimum atomic E-state index is -3.58. The molecular weight excluding hydrogens is 454 g/mol. The number of carbonyl (C=O) groups is 1. The molecule has 0 fully saturated rings. The number of sulfonamides is 1. The van der Waals surface area contributed by atoms with Gasteiger partial charge < -0.3 is 9.30 Å². The highest BCUT2D eigenvalue weighted by atomic mass is 32.2. The van der Waals surface area contributed by atoms with Gasteiger partial charge in [0.15, 0.2) is 0 Å². The summed E-state index contributed by atoms with van der Waals surface area (Å²) in [7, 11) is -0.611. The van der Waals surface area contributed by atoms with Gasteiger partial charge in [-0.15, -0.1) is 0 Å². The van der Waals surface area contributed by atoms with Crippen molar-refractivity contribution in [2.75, 3.05) is 14.1 Å². The average Bonchev–Trinajstić information content (AvgIpc) is 3.33. The minimum Gasteiger partial charge on any atom is -0.454 e. The summed E-state index contributed by atoms with van der Waals surface area (Å²) >= 11 is 0. The number of rotatable bonds is 7. The van der Waals surface area contributed by atoms with Crippen LogP contribution in [0.5, 0.6) is 0 Å². The molecule has 0 radical (unpaired) electrons. The fourth-order valence-corrected chi connectivity index (χ4v) is 4.88. The summed E-state index contributed by atoms with van der Waals surface area (Å²) in [4.78, 5) is 17.7. The third-order valence-corrected chi connectivity index (χ3v) is 7.53. The van der Waals surface area contributed by atoms with E-state index < -0.39 is 16.0 Å². The number of esters is 1. The number of aromatic nitrogens is 4. The first-order chi connectivity index (χ1) is 16.1. The molecule has 4 aromatic rings. The lowest BCUT2D eigenvalue weighted by Gasteiger charge is -2.11. The molecule has 0 N–H and O–H groups in total. The smallest absolute Gasteiger partial charge is 0.342 e. The summed E-state index contributed by atoms with van der Waals surface area (Å²) in [6.07, 6.45) is 0. The molecule has 0 unspecified atom stereocenters. The predicted octanol–water partition coefficient (Wildman–Crippen LogP) is 3.47. The van der Waals surface area contributed by atoms with Crippen LogP contribution < -0.4 is 0 Å². The molecule has 0 amide bonds. The largest absolute Gasteiger partial charge is 0.454 e.